The van der Waals surface area contributed by atoms with Crippen LogP contribution in [0.1, 0.15) is 0 Å². The van der Waals surface area contributed by atoms with Gasteiger partial charge in [0.05, 0.1) is 34.2 Å². The van der Waals surface area contributed by atoms with E-state index in [-0.39, 0.29) is 0 Å². The zero-order valence-electron chi connectivity index (χ0n) is 52.7. The van der Waals surface area contributed by atoms with Gasteiger partial charge in [0, 0.05) is 33.4 Å². The van der Waals surface area contributed by atoms with Crippen LogP contribution >= 0.6 is 0 Å². The van der Waals surface area contributed by atoms with Gasteiger partial charge in [0.1, 0.15) is 0 Å². The van der Waals surface area contributed by atoms with Crippen molar-refractivity contribution in [2.75, 3.05) is 0 Å². The van der Waals surface area contributed by atoms with Crippen LogP contribution in [0.4, 0.5) is 0 Å². The highest BCUT2D eigenvalue weighted by Gasteiger charge is 2.20. The molecule has 16 aromatic rings. The Balaban J connectivity index is 0.960. The molecule has 96 heavy (non-hydrogen) atoms. The lowest BCUT2D eigenvalue weighted by Crippen LogP contribution is -1.96. The molecule has 0 aliphatic carbocycles. The average molecular weight is 1220 g/mol. The Morgan fingerprint density at radius 3 is 0.385 bits per heavy atom. The van der Waals surface area contributed by atoms with Crippen LogP contribution in [-0.4, -0.2) is 15.0 Å². The van der Waals surface area contributed by atoms with E-state index in [0.29, 0.717) is 0 Å². The molecule has 0 spiro atoms. The van der Waals surface area contributed by atoms with Gasteiger partial charge in [-0.1, -0.05) is 273 Å². The van der Waals surface area contributed by atoms with E-state index in [1.165, 1.54) is 0 Å². The predicted molar refractivity (Wildman–Crippen MR) is 401 cm³/mol. The number of aromatic nitrogens is 3. The monoisotopic (exact) mass is 1220 g/mol. The summed E-state index contributed by atoms with van der Waals surface area (Å²) in [5.41, 5.74) is 30.8. The Kier molecular flexibility index (Phi) is 16.1. The fraction of sp³-hybridized carbons (Fsp3) is 0. The number of benzene rings is 13. The van der Waals surface area contributed by atoms with Crippen molar-refractivity contribution < 1.29 is 0 Å². The summed E-state index contributed by atoms with van der Waals surface area (Å²) in [6.45, 7) is 0. The van der Waals surface area contributed by atoms with E-state index in [4.69, 9.17) is 15.0 Å². The van der Waals surface area contributed by atoms with Crippen molar-refractivity contribution in [1.29, 1.82) is 0 Å². The van der Waals surface area contributed by atoms with Crippen molar-refractivity contribution >= 4 is 0 Å². The Bertz CT molecular complexity index is 4560. The number of pyridine rings is 3. The Morgan fingerprint density at radius 2 is 0.208 bits per heavy atom. The van der Waals surface area contributed by atoms with Crippen LogP contribution in [0.25, 0.3) is 168 Å². The molecule has 0 saturated heterocycles. The lowest BCUT2D eigenvalue weighted by Gasteiger charge is -2.17. The number of hydrogen-bond donors (Lipinski definition) is 0. The van der Waals surface area contributed by atoms with E-state index >= 15 is 0 Å². The van der Waals surface area contributed by atoms with Crippen LogP contribution in [0.2, 0.25) is 0 Å². The second-order valence-corrected chi connectivity index (χ2v) is 24.4. The molecule has 3 heteroatoms. The van der Waals surface area contributed by atoms with Crippen LogP contribution in [0.5, 0.6) is 0 Å². The second kappa shape index (κ2) is 26.5. The standard InChI is InChI=1S/C93H63N3/c1-10-28-64(29-11-1)73-46-74(65-30-12-2-13-31-65)49-77(48-73)79-52-84(90-60-81(68-36-18-5-19-37-68)58-88(94-90)71-42-24-8-25-43-71)56-86(54-79)92-62-83(70-40-22-7-23-41-70)63-93(96-92)87-55-80(78-50-75(66-32-14-3-15-33-66)47-76(51-78)67-34-16-4-17-35-67)53-85(57-87)91-61-82(69-38-20-6-21-39-69)59-89(95-91)72-44-26-9-27-45-72/h1-63H. The largest absolute Gasteiger partial charge is 0.248 e. The molecule has 0 aliphatic rings. The molecule has 13 aromatic carbocycles. The maximum Gasteiger partial charge on any atom is 0.0716 e. The summed E-state index contributed by atoms with van der Waals surface area (Å²) < 4.78 is 0. The smallest absolute Gasteiger partial charge is 0.0716 e. The van der Waals surface area contributed by atoms with Gasteiger partial charge in [-0.2, -0.15) is 0 Å². The Hall–Kier alpha value is -12.7. The SMILES string of the molecule is c1ccc(-c2cc(-c3ccccc3)cc(-c3cc(-c4cc(-c5ccccc5)cc(-c5ccccc5)n4)cc(-c4cc(-c5ccccc5)cc(-c5cc(-c6cc(-c7ccccc7)cc(-c7ccccc7)c6)cc(-c6cc(-c7ccccc7)cc(-c7ccccc7)n6)c5)n4)c3)c2)cc1. The maximum absolute atomic E-state index is 5.92. The Morgan fingerprint density at radius 1 is 0.0938 bits per heavy atom. The van der Waals surface area contributed by atoms with E-state index in [0.717, 1.165) is 168 Å². The van der Waals surface area contributed by atoms with Gasteiger partial charge in [-0.3, -0.25) is 0 Å². The Labute approximate surface area is 561 Å². The van der Waals surface area contributed by atoms with Crippen molar-refractivity contribution in [3.8, 4) is 168 Å². The van der Waals surface area contributed by atoms with E-state index in [2.05, 4.69) is 382 Å². The fourth-order valence-corrected chi connectivity index (χ4v) is 13.0. The van der Waals surface area contributed by atoms with E-state index in [9.17, 15) is 0 Å². The summed E-state index contributed by atoms with van der Waals surface area (Å²) >= 11 is 0. The lowest BCUT2D eigenvalue weighted by molar-refractivity contribution is 1.30. The third-order valence-electron chi connectivity index (χ3n) is 17.9. The van der Waals surface area contributed by atoms with Gasteiger partial charge in [0.25, 0.3) is 0 Å². The van der Waals surface area contributed by atoms with Crippen LogP contribution < -0.4 is 0 Å². The number of hydrogen-bond acceptors (Lipinski definition) is 3. The quantitative estimate of drug-likeness (QED) is 0.103. The summed E-state index contributed by atoms with van der Waals surface area (Å²) in [6.07, 6.45) is 0. The third kappa shape index (κ3) is 12.7. The van der Waals surface area contributed by atoms with Crippen molar-refractivity contribution in [3.05, 3.63) is 382 Å². The van der Waals surface area contributed by atoms with E-state index in [1.807, 2.05) is 0 Å². The van der Waals surface area contributed by atoms with Crippen molar-refractivity contribution in [2.24, 2.45) is 0 Å². The van der Waals surface area contributed by atoms with Crippen molar-refractivity contribution in [1.82, 2.24) is 15.0 Å². The molecular formula is C93H63N3. The minimum Gasteiger partial charge on any atom is -0.248 e. The van der Waals surface area contributed by atoms with Gasteiger partial charge in [-0.25, -0.2) is 15.0 Å². The van der Waals surface area contributed by atoms with Gasteiger partial charge < -0.3 is 0 Å². The minimum absolute atomic E-state index is 0.819. The van der Waals surface area contributed by atoms with Crippen LogP contribution in [0.3, 0.4) is 0 Å². The topological polar surface area (TPSA) is 38.7 Å². The van der Waals surface area contributed by atoms with Crippen LogP contribution in [0.15, 0.2) is 382 Å². The molecule has 0 aliphatic heterocycles. The molecule has 0 N–H and O–H groups in total. The first kappa shape index (κ1) is 58.4. The van der Waals surface area contributed by atoms with E-state index < -0.39 is 0 Å². The highest BCUT2D eigenvalue weighted by Crippen LogP contribution is 2.43. The van der Waals surface area contributed by atoms with Gasteiger partial charge in [-0.15, -0.1) is 0 Å². The molecule has 0 atom stereocenters. The van der Waals surface area contributed by atoms with Crippen LogP contribution in [0, 0.1) is 0 Å². The molecule has 450 valence electrons. The summed E-state index contributed by atoms with van der Waals surface area (Å²) in [7, 11) is 0. The summed E-state index contributed by atoms with van der Waals surface area (Å²) in [6, 6.07) is 137. The van der Waals surface area contributed by atoms with E-state index in [1.54, 1.807) is 0 Å². The summed E-state index contributed by atoms with van der Waals surface area (Å²) in [5.74, 6) is 0. The molecule has 3 nitrogen and oxygen atoms in total. The van der Waals surface area contributed by atoms with Crippen molar-refractivity contribution in [2.45, 2.75) is 0 Å². The molecule has 0 bridgehead atoms. The van der Waals surface area contributed by atoms with Crippen LogP contribution in [-0.2, 0) is 0 Å². The first-order valence-electron chi connectivity index (χ1n) is 32.7. The zero-order valence-corrected chi connectivity index (χ0v) is 52.7. The molecule has 0 radical (unpaired) electrons. The molecule has 0 amide bonds. The van der Waals surface area contributed by atoms with Gasteiger partial charge >= 0.3 is 0 Å². The summed E-state index contributed by atoms with van der Waals surface area (Å²) in [5, 5.41) is 0. The van der Waals surface area contributed by atoms with Gasteiger partial charge in [-0.05, 0) is 209 Å². The maximum atomic E-state index is 5.92. The van der Waals surface area contributed by atoms with Crippen molar-refractivity contribution in [3.63, 3.8) is 0 Å². The van der Waals surface area contributed by atoms with Gasteiger partial charge in [0.15, 0.2) is 0 Å². The highest BCUT2D eigenvalue weighted by molar-refractivity contribution is 5.91. The molecule has 16 rings (SSSR count). The molecule has 3 aromatic heterocycles. The average Bonchev–Trinajstić information content (AvgIpc) is 0.967. The third-order valence-corrected chi connectivity index (χ3v) is 17.9. The lowest BCUT2D eigenvalue weighted by atomic mass is 9.89. The molecule has 0 fully saturated rings. The highest BCUT2D eigenvalue weighted by atomic mass is 14.7. The number of rotatable bonds is 15. The minimum atomic E-state index is 0.819. The first-order chi connectivity index (χ1) is 47.5. The predicted octanol–water partition coefficient (Wildman–Crippen LogP) is 24.9. The molecule has 3 heterocycles. The molecular weight excluding hydrogens is 1160 g/mol. The molecule has 0 unspecified atom stereocenters. The first-order valence-corrected chi connectivity index (χ1v) is 32.7. The normalized spacial score (nSPS) is 11.1. The fourth-order valence-electron chi connectivity index (χ4n) is 13.0. The zero-order chi connectivity index (χ0) is 64.0. The van der Waals surface area contributed by atoms with Gasteiger partial charge in [0.2, 0.25) is 0 Å². The molecule has 0 saturated carbocycles. The second-order valence-electron chi connectivity index (χ2n) is 24.4. The summed E-state index contributed by atoms with van der Waals surface area (Å²) in [4.78, 5) is 17.1. The number of nitrogens with zero attached hydrogens (tertiary/aromatic N) is 3.